The third kappa shape index (κ3) is 3.17. The van der Waals surface area contributed by atoms with Crippen molar-refractivity contribution in [2.45, 2.75) is 17.2 Å². The second kappa shape index (κ2) is 5.48. The molecule has 5 nitrogen and oxygen atoms in total. The van der Waals surface area contributed by atoms with Crippen LogP contribution in [-0.2, 0) is 10.0 Å². The van der Waals surface area contributed by atoms with Gasteiger partial charge in [-0.15, -0.1) is 11.3 Å². The highest BCUT2D eigenvalue weighted by Gasteiger charge is 2.20. The van der Waals surface area contributed by atoms with Crippen LogP contribution in [0.5, 0.6) is 0 Å². The molecule has 0 aliphatic carbocycles. The van der Waals surface area contributed by atoms with Crippen LogP contribution in [0.1, 0.15) is 23.4 Å². The second-order valence-electron chi connectivity index (χ2n) is 3.85. The SMILES string of the molecule is CC(NS(=O)(=O)c1ccc(C#N)s1)c1ccncc1. The maximum atomic E-state index is 12.1. The molecule has 2 heterocycles. The Morgan fingerprint density at radius 2 is 2.00 bits per heavy atom. The molecule has 1 atom stereocenters. The summed E-state index contributed by atoms with van der Waals surface area (Å²) in [7, 11) is -3.60. The lowest BCUT2D eigenvalue weighted by atomic mass is 10.1. The molecule has 19 heavy (non-hydrogen) atoms. The van der Waals surface area contributed by atoms with Gasteiger partial charge in [-0.3, -0.25) is 4.98 Å². The molecular weight excluding hydrogens is 282 g/mol. The molecule has 0 spiro atoms. The number of nitriles is 1. The van der Waals surface area contributed by atoms with E-state index < -0.39 is 10.0 Å². The van der Waals surface area contributed by atoms with Gasteiger partial charge >= 0.3 is 0 Å². The second-order valence-corrected chi connectivity index (χ2v) is 6.88. The normalized spacial score (nSPS) is 12.8. The lowest BCUT2D eigenvalue weighted by Gasteiger charge is -2.13. The minimum Gasteiger partial charge on any atom is -0.265 e. The first kappa shape index (κ1) is 13.7. The molecule has 1 unspecified atom stereocenters. The van der Waals surface area contributed by atoms with Gasteiger partial charge in [0.2, 0.25) is 0 Å². The summed E-state index contributed by atoms with van der Waals surface area (Å²) in [4.78, 5) is 4.26. The van der Waals surface area contributed by atoms with Crippen LogP contribution in [0.4, 0.5) is 0 Å². The molecule has 0 saturated heterocycles. The van der Waals surface area contributed by atoms with Gasteiger partial charge in [-0.2, -0.15) is 5.26 Å². The summed E-state index contributed by atoms with van der Waals surface area (Å²) >= 11 is 0.953. The van der Waals surface area contributed by atoms with Crippen molar-refractivity contribution < 1.29 is 8.42 Å². The first-order valence-electron chi connectivity index (χ1n) is 5.45. The molecular formula is C12H11N3O2S2. The van der Waals surface area contributed by atoms with Crippen LogP contribution in [0.25, 0.3) is 0 Å². The Morgan fingerprint density at radius 3 is 2.58 bits per heavy atom. The molecule has 0 bridgehead atoms. The lowest BCUT2D eigenvalue weighted by molar-refractivity contribution is 0.569. The molecule has 0 radical (unpaired) electrons. The summed E-state index contributed by atoms with van der Waals surface area (Å²) in [5.74, 6) is 0. The molecule has 0 saturated carbocycles. The zero-order valence-electron chi connectivity index (χ0n) is 10.1. The fraction of sp³-hybridized carbons (Fsp3) is 0.167. The lowest BCUT2D eigenvalue weighted by Crippen LogP contribution is -2.26. The van der Waals surface area contributed by atoms with Crippen LogP contribution in [0.15, 0.2) is 40.9 Å². The number of hydrogen-bond acceptors (Lipinski definition) is 5. The van der Waals surface area contributed by atoms with Gasteiger partial charge < -0.3 is 0 Å². The summed E-state index contributed by atoms with van der Waals surface area (Å²) in [6, 6.07) is 8.00. The van der Waals surface area contributed by atoms with Gasteiger partial charge in [-0.1, -0.05) is 0 Å². The molecule has 2 aromatic heterocycles. The molecule has 1 N–H and O–H groups in total. The highest BCUT2D eigenvalue weighted by atomic mass is 32.2. The molecule has 0 fully saturated rings. The standard InChI is InChI=1S/C12H11N3O2S2/c1-9(10-4-6-14-7-5-10)15-19(16,17)12-3-2-11(8-13)18-12/h2-7,9,15H,1H3. The van der Waals surface area contributed by atoms with E-state index in [9.17, 15) is 8.42 Å². The van der Waals surface area contributed by atoms with E-state index in [1.165, 1.54) is 12.1 Å². The molecule has 7 heteroatoms. The van der Waals surface area contributed by atoms with Crippen LogP contribution in [0, 0.1) is 11.3 Å². The highest BCUT2D eigenvalue weighted by Crippen LogP contribution is 2.23. The topological polar surface area (TPSA) is 82.9 Å². The number of nitrogens with zero attached hydrogens (tertiary/aromatic N) is 2. The third-order valence-corrected chi connectivity index (χ3v) is 5.52. The van der Waals surface area contributed by atoms with Crippen LogP contribution in [-0.4, -0.2) is 13.4 Å². The minimum absolute atomic E-state index is 0.143. The summed E-state index contributed by atoms with van der Waals surface area (Å²) in [6.45, 7) is 1.76. The van der Waals surface area contributed by atoms with Crippen molar-refractivity contribution in [3.8, 4) is 6.07 Å². The molecule has 2 rings (SSSR count). The Kier molecular flexibility index (Phi) is 3.95. The van der Waals surface area contributed by atoms with Gasteiger partial charge in [-0.25, -0.2) is 13.1 Å². The van der Waals surface area contributed by atoms with Crippen molar-refractivity contribution in [2.75, 3.05) is 0 Å². The zero-order chi connectivity index (χ0) is 13.9. The van der Waals surface area contributed by atoms with E-state index in [0.29, 0.717) is 4.88 Å². The first-order valence-corrected chi connectivity index (χ1v) is 7.75. The van der Waals surface area contributed by atoms with Crippen molar-refractivity contribution in [1.82, 2.24) is 9.71 Å². The monoisotopic (exact) mass is 293 g/mol. The smallest absolute Gasteiger partial charge is 0.250 e. The number of sulfonamides is 1. The van der Waals surface area contributed by atoms with E-state index in [4.69, 9.17) is 5.26 Å². The van der Waals surface area contributed by atoms with Gasteiger partial charge in [0.05, 0.1) is 0 Å². The highest BCUT2D eigenvalue weighted by molar-refractivity contribution is 7.91. The van der Waals surface area contributed by atoms with E-state index in [0.717, 1.165) is 16.9 Å². The molecule has 0 aliphatic rings. The van der Waals surface area contributed by atoms with E-state index in [2.05, 4.69) is 9.71 Å². The number of thiophene rings is 1. The predicted octanol–water partition coefficient (Wildman–Crippen LogP) is 2.05. The Labute approximate surface area is 115 Å². The maximum Gasteiger partial charge on any atom is 0.250 e. The zero-order valence-corrected chi connectivity index (χ0v) is 11.7. The average Bonchev–Trinajstić information content (AvgIpc) is 2.89. The van der Waals surface area contributed by atoms with E-state index >= 15 is 0 Å². The maximum absolute atomic E-state index is 12.1. The van der Waals surface area contributed by atoms with Gasteiger partial charge in [0, 0.05) is 18.4 Å². The van der Waals surface area contributed by atoms with E-state index in [-0.39, 0.29) is 10.3 Å². The number of hydrogen-bond donors (Lipinski definition) is 1. The fourth-order valence-electron chi connectivity index (χ4n) is 1.54. The molecule has 2 aromatic rings. The van der Waals surface area contributed by atoms with E-state index in [1.807, 2.05) is 6.07 Å². The summed E-state index contributed by atoms with van der Waals surface area (Å²) in [5.41, 5.74) is 0.829. The van der Waals surface area contributed by atoms with Crippen LogP contribution in [0.2, 0.25) is 0 Å². The Morgan fingerprint density at radius 1 is 1.32 bits per heavy atom. The van der Waals surface area contributed by atoms with Crippen LogP contribution in [0.3, 0.4) is 0 Å². The van der Waals surface area contributed by atoms with Crippen molar-refractivity contribution in [3.63, 3.8) is 0 Å². The summed E-state index contributed by atoms with van der Waals surface area (Å²) < 4.78 is 27.0. The van der Waals surface area contributed by atoms with Crippen LogP contribution < -0.4 is 4.72 Å². The van der Waals surface area contributed by atoms with Crippen molar-refractivity contribution >= 4 is 21.4 Å². The molecule has 98 valence electrons. The molecule has 0 aliphatic heterocycles. The largest absolute Gasteiger partial charge is 0.265 e. The average molecular weight is 293 g/mol. The Hall–Kier alpha value is -1.75. The Balaban J connectivity index is 2.20. The van der Waals surface area contributed by atoms with Crippen LogP contribution >= 0.6 is 11.3 Å². The van der Waals surface area contributed by atoms with Gasteiger partial charge in [0.25, 0.3) is 10.0 Å². The van der Waals surface area contributed by atoms with Gasteiger partial charge in [0.15, 0.2) is 0 Å². The number of pyridine rings is 1. The minimum atomic E-state index is -3.60. The van der Waals surface area contributed by atoms with E-state index in [1.54, 1.807) is 31.5 Å². The Bertz CT molecular complexity index is 702. The van der Waals surface area contributed by atoms with Crippen molar-refractivity contribution in [1.29, 1.82) is 5.26 Å². The van der Waals surface area contributed by atoms with Crippen molar-refractivity contribution in [2.24, 2.45) is 0 Å². The van der Waals surface area contributed by atoms with Crippen molar-refractivity contribution in [3.05, 3.63) is 47.1 Å². The quantitative estimate of drug-likeness (QED) is 0.935. The number of aromatic nitrogens is 1. The molecule has 0 aromatic carbocycles. The first-order chi connectivity index (χ1) is 9.03. The summed E-state index contributed by atoms with van der Waals surface area (Å²) in [6.07, 6.45) is 3.22. The van der Waals surface area contributed by atoms with Gasteiger partial charge in [0.1, 0.15) is 15.2 Å². The van der Waals surface area contributed by atoms with Gasteiger partial charge in [-0.05, 0) is 36.8 Å². The number of nitrogens with one attached hydrogen (secondary N) is 1. The fourth-order valence-corrected chi connectivity index (χ4v) is 3.89. The predicted molar refractivity (Wildman–Crippen MR) is 72.0 cm³/mol. The molecule has 0 amide bonds. The number of rotatable bonds is 4. The summed E-state index contributed by atoms with van der Waals surface area (Å²) in [5, 5.41) is 8.71. The third-order valence-electron chi connectivity index (χ3n) is 2.49.